The molecule has 6 aromatic rings. The van der Waals surface area contributed by atoms with Crippen molar-refractivity contribution in [1.82, 2.24) is 30.6 Å². The number of methoxy groups -OCH3 is 2. The third-order valence-electron chi connectivity index (χ3n) is 10.0. The number of benzene rings is 4. The topological polar surface area (TPSA) is 187 Å². The first-order chi connectivity index (χ1) is 32.4. The summed E-state index contributed by atoms with van der Waals surface area (Å²) in [5.41, 5.74) is 7.03. The van der Waals surface area contributed by atoms with Crippen molar-refractivity contribution >= 4 is 69.3 Å². The van der Waals surface area contributed by atoms with Crippen LogP contribution < -0.4 is 10.6 Å². The highest BCUT2D eigenvalue weighted by Gasteiger charge is 2.21. The number of amides is 2. The van der Waals surface area contributed by atoms with E-state index in [1.165, 1.54) is 23.4 Å². The lowest BCUT2D eigenvalue weighted by atomic mass is 9.96. The molecule has 0 aliphatic rings. The van der Waals surface area contributed by atoms with Crippen LogP contribution in [0.4, 0.5) is 9.59 Å². The quantitative estimate of drug-likeness (QED) is 0.0334. The summed E-state index contributed by atoms with van der Waals surface area (Å²) in [5, 5.41) is 5.42. The number of carbonyl (C=O) groups excluding carboxylic acids is 4. The molecular weight excluding hydrogens is 1090 g/mol. The zero-order valence-electron chi connectivity index (χ0n) is 39.9. The maximum absolute atomic E-state index is 12.3. The van der Waals surface area contributed by atoms with Crippen molar-refractivity contribution in [2.45, 2.75) is 96.9 Å². The molecule has 0 aliphatic heterocycles. The number of rotatable bonds is 15. The minimum Gasteiger partial charge on any atom is -0.469 e. The number of alkyl carbamates (subject to hydrolysis) is 2. The molecule has 0 fully saturated rings. The average molecular weight is 1150 g/mol. The third kappa shape index (κ3) is 19.5. The van der Waals surface area contributed by atoms with Gasteiger partial charge in [-0.2, -0.15) is 0 Å². The Hall–Kier alpha value is -5.76. The molecular formula is C52H62I2N6O8. The molecule has 362 valence electrons. The van der Waals surface area contributed by atoms with Gasteiger partial charge in [0.15, 0.2) is 0 Å². The number of halogens is 2. The Morgan fingerprint density at radius 2 is 0.971 bits per heavy atom. The van der Waals surface area contributed by atoms with Gasteiger partial charge in [-0.1, -0.05) is 161 Å². The number of ether oxygens (including phenoxy) is 4. The van der Waals surface area contributed by atoms with Crippen molar-refractivity contribution in [3.8, 4) is 22.5 Å². The molecule has 14 nitrogen and oxygen atoms in total. The van der Waals surface area contributed by atoms with Gasteiger partial charge in [-0.15, -0.1) is 0 Å². The van der Waals surface area contributed by atoms with Crippen molar-refractivity contribution in [3.05, 3.63) is 153 Å². The predicted molar refractivity (Wildman–Crippen MR) is 281 cm³/mol. The lowest BCUT2D eigenvalue weighted by Gasteiger charge is -2.18. The van der Waals surface area contributed by atoms with Gasteiger partial charge in [-0.3, -0.25) is 9.59 Å². The number of nitrogens with zero attached hydrogens (tertiary/aromatic N) is 2. The zero-order valence-corrected chi connectivity index (χ0v) is 44.2. The Kier molecular flexibility index (Phi) is 22.0. The third-order valence-corrected chi connectivity index (χ3v) is 11.8. The van der Waals surface area contributed by atoms with Crippen LogP contribution in [0.3, 0.4) is 0 Å². The molecule has 16 heteroatoms. The molecule has 0 saturated carbocycles. The van der Waals surface area contributed by atoms with E-state index in [0.717, 1.165) is 45.3 Å². The first-order valence-electron chi connectivity index (χ1n) is 22.0. The fraction of sp³-hybridized carbons (Fsp3) is 0.346. The summed E-state index contributed by atoms with van der Waals surface area (Å²) in [5.74, 6) is 1.20. The SMILES string of the molecule is CC(C)(C)c1ncc(-c2ccc(I)cc2)[nH]1.COC(=O)C[C@H](CI)NC(=O)OCc1ccccc1.COC(=O)C[C@H](Cc1ccc(-c2cnc(C(C)(C)C)[nH]2)cc1)NC(=O)OCc1ccccc1. The minimum atomic E-state index is -0.573. The summed E-state index contributed by atoms with van der Waals surface area (Å²) < 4.78 is 21.6. The van der Waals surface area contributed by atoms with E-state index in [9.17, 15) is 19.2 Å². The minimum absolute atomic E-state index is 0.0498. The lowest BCUT2D eigenvalue weighted by Crippen LogP contribution is -2.38. The number of imidazole rings is 2. The first kappa shape index (κ1) is 54.8. The maximum atomic E-state index is 12.3. The van der Waals surface area contributed by atoms with E-state index in [1.807, 2.05) is 97.3 Å². The number of aromatic nitrogens is 4. The van der Waals surface area contributed by atoms with Crippen LogP contribution in [0, 0.1) is 3.57 Å². The summed E-state index contributed by atoms with van der Waals surface area (Å²) in [6, 6.07) is 34.5. The molecule has 0 radical (unpaired) electrons. The van der Waals surface area contributed by atoms with Gasteiger partial charge in [0.1, 0.15) is 24.9 Å². The van der Waals surface area contributed by atoms with Crippen LogP contribution in [-0.2, 0) is 59.0 Å². The molecule has 2 aromatic heterocycles. The fourth-order valence-electron chi connectivity index (χ4n) is 6.18. The second-order valence-corrected chi connectivity index (χ2v) is 19.8. The molecule has 2 heterocycles. The summed E-state index contributed by atoms with van der Waals surface area (Å²) in [6.07, 6.45) is 3.29. The van der Waals surface area contributed by atoms with Gasteiger partial charge in [0.2, 0.25) is 0 Å². The highest BCUT2D eigenvalue weighted by molar-refractivity contribution is 14.1. The van der Waals surface area contributed by atoms with Gasteiger partial charge >= 0.3 is 24.1 Å². The second kappa shape index (κ2) is 27.3. The highest BCUT2D eigenvalue weighted by atomic mass is 127. The maximum Gasteiger partial charge on any atom is 0.407 e. The molecule has 2 amide bonds. The molecule has 4 aromatic carbocycles. The number of aromatic amines is 2. The number of hydrogen-bond acceptors (Lipinski definition) is 10. The smallest absolute Gasteiger partial charge is 0.407 e. The first-order valence-corrected chi connectivity index (χ1v) is 24.6. The molecule has 68 heavy (non-hydrogen) atoms. The predicted octanol–water partition coefficient (Wildman–Crippen LogP) is 11.0. The molecule has 0 saturated heterocycles. The molecule has 0 spiro atoms. The van der Waals surface area contributed by atoms with E-state index in [0.29, 0.717) is 10.8 Å². The number of carbonyl (C=O) groups is 4. The molecule has 0 bridgehead atoms. The fourth-order valence-corrected chi connectivity index (χ4v) is 7.07. The van der Waals surface area contributed by atoms with Crippen molar-refractivity contribution in [2.75, 3.05) is 18.6 Å². The van der Waals surface area contributed by atoms with E-state index in [2.05, 4.69) is 146 Å². The standard InChI is InChI=1S/C26H31N3O4.C13H15IN2.C13H16INO4/c1-26(2,3)24-27-16-22(29-24)20-12-10-18(11-13-20)14-21(15-23(30)32-4)28-25(31)33-17-19-8-6-5-7-9-19;1-13(2,3)12-15-8-11(16-12)9-4-6-10(14)7-5-9;1-18-12(16)7-11(8-14)15-13(17)19-9-10-5-3-2-4-6-10/h5-13,16,21H,14-15,17H2,1-4H3,(H,27,29)(H,28,31);4-8H,1-3H3,(H,15,16);2-6,11H,7-9H2,1H3,(H,15,17)/t21-;;11-/m0.1/s1. The molecule has 4 N–H and O–H groups in total. The number of nitrogens with one attached hydrogen (secondary N) is 4. The van der Waals surface area contributed by atoms with Gasteiger partial charge in [0.25, 0.3) is 0 Å². The number of H-pyrrole nitrogens is 2. The van der Waals surface area contributed by atoms with Crippen molar-refractivity contribution < 1.29 is 38.1 Å². The summed E-state index contributed by atoms with van der Waals surface area (Å²) in [6.45, 7) is 13.2. The molecule has 6 rings (SSSR count). The summed E-state index contributed by atoms with van der Waals surface area (Å²) >= 11 is 4.40. The van der Waals surface area contributed by atoms with Crippen LogP contribution in [0.2, 0.25) is 0 Å². The zero-order chi connectivity index (χ0) is 49.7. The highest BCUT2D eigenvalue weighted by Crippen LogP contribution is 2.25. The second-order valence-electron chi connectivity index (χ2n) is 17.7. The van der Waals surface area contributed by atoms with E-state index in [1.54, 1.807) is 0 Å². The monoisotopic (exact) mass is 1150 g/mol. The Morgan fingerprint density at radius 3 is 1.35 bits per heavy atom. The van der Waals surface area contributed by atoms with Crippen LogP contribution in [0.15, 0.2) is 122 Å². The van der Waals surface area contributed by atoms with Gasteiger partial charge < -0.3 is 39.5 Å². The van der Waals surface area contributed by atoms with Crippen LogP contribution in [-0.4, -0.2) is 74.8 Å². The van der Waals surface area contributed by atoms with Gasteiger partial charge in [-0.05, 0) is 69.0 Å². The van der Waals surface area contributed by atoms with Crippen LogP contribution in [0.1, 0.15) is 82.7 Å². The number of alkyl halides is 1. The van der Waals surface area contributed by atoms with Crippen LogP contribution in [0.5, 0.6) is 0 Å². The van der Waals surface area contributed by atoms with E-state index in [-0.39, 0.29) is 48.9 Å². The largest absolute Gasteiger partial charge is 0.469 e. The molecule has 2 atom stereocenters. The van der Waals surface area contributed by atoms with Crippen molar-refractivity contribution in [1.29, 1.82) is 0 Å². The average Bonchev–Trinajstić information content (AvgIpc) is 4.04. The van der Waals surface area contributed by atoms with Crippen molar-refractivity contribution in [2.24, 2.45) is 0 Å². The Bertz CT molecular complexity index is 2470. The van der Waals surface area contributed by atoms with Crippen LogP contribution in [0.25, 0.3) is 22.5 Å². The molecule has 0 aliphatic carbocycles. The van der Waals surface area contributed by atoms with E-state index >= 15 is 0 Å². The van der Waals surface area contributed by atoms with Crippen molar-refractivity contribution in [3.63, 3.8) is 0 Å². The van der Waals surface area contributed by atoms with Gasteiger partial charge in [0, 0.05) is 24.9 Å². The van der Waals surface area contributed by atoms with Gasteiger partial charge in [0.05, 0.1) is 56.9 Å². The van der Waals surface area contributed by atoms with E-state index < -0.39 is 24.2 Å². The number of hydrogen-bond donors (Lipinski definition) is 4. The van der Waals surface area contributed by atoms with Crippen LogP contribution >= 0.6 is 45.2 Å². The van der Waals surface area contributed by atoms with E-state index in [4.69, 9.17) is 14.2 Å². The number of esters is 2. The Morgan fingerprint density at radius 1 is 0.574 bits per heavy atom. The molecule has 0 unspecified atom stereocenters. The van der Waals surface area contributed by atoms with Gasteiger partial charge in [-0.25, -0.2) is 19.6 Å². The Labute approximate surface area is 426 Å². The summed E-state index contributed by atoms with van der Waals surface area (Å²) in [7, 11) is 2.65. The normalized spacial score (nSPS) is 11.9. The summed E-state index contributed by atoms with van der Waals surface area (Å²) in [4.78, 5) is 62.5. The Balaban J connectivity index is 0.000000243. The lowest BCUT2D eigenvalue weighted by molar-refractivity contribution is -0.142.